The average Bonchev–Trinajstić information content (AvgIpc) is 2.60. The molecule has 1 fully saturated rings. The van der Waals surface area contributed by atoms with Crippen molar-refractivity contribution in [1.82, 2.24) is 4.31 Å². The lowest BCUT2D eigenvalue weighted by Crippen LogP contribution is -2.37. The lowest BCUT2D eigenvalue weighted by molar-refractivity contribution is 0.288. The molecule has 0 atom stereocenters. The Kier molecular flexibility index (Phi) is 3.97. The summed E-state index contributed by atoms with van der Waals surface area (Å²) in [5.74, 6) is 0.637. The van der Waals surface area contributed by atoms with Gasteiger partial charge in [-0.1, -0.05) is 6.92 Å². The molecule has 0 aliphatic carbocycles. The molecule has 1 aliphatic rings. The molecule has 1 saturated heterocycles. The van der Waals surface area contributed by atoms with Crippen LogP contribution in [0.2, 0.25) is 0 Å². The zero-order chi connectivity index (χ0) is 12.6. The lowest BCUT2D eigenvalue weighted by Gasteiger charge is -2.28. The Bertz CT molecular complexity index is 482. The molecule has 0 N–H and O–H groups in total. The number of nitrogens with zero attached hydrogens (tertiary/aromatic N) is 1. The van der Waals surface area contributed by atoms with E-state index in [-0.39, 0.29) is 0 Å². The number of hydrogen-bond donors (Lipinski definition) is 0. The molecule has 6 heteroatoms. The molecular weight excluding hydrogens is 322 g/mol. The third kappa shape index (κ3) is 2.75. The molecule has 2 rings (SSSR count). The first-order chi connectivity index (χ1) is 7.91. The van der Waals surface area contributed by atoms with Gasteiger partial charge in [-0.25, -0.2) is 8.42 Å². The van der Waals surface area contributed by atoms with Crippen LogP contribution in [0.15, 0.2) is 14.1 Å². The van der Waals surface area contributed by atoms with Gasteiger partial charge < -0.3 is 0 Å². The van der Waals surface area contributed by atoms with Crippen molar-refractivity contribution in [3.8, 4) is 0 Å². The van der Waals surface area contributed by atoms with Crippen LogP contribution >= 0.6 is 27.3 Å². The molecule has 96 valence electrons. The molecule has 1 aromatic heterocycles. The zero-order valence-corrected chi connectivity index (χ0v) is 13.2. The number of hydrogen-bond acceptors (Lipinski definition) is 3. The Morgan fingerprint density at radius 2 is 2.00 bits per heavy atom. The van der Waals surface area contributed by atoms with E-state index in [0.717, 1.165) is 22.2 Å². The van der Waals surface area contributed by atoms with Crippen molar-refractivity contribution in [2.45, 2.75) is 30.9 Å². The summed E-state index contributed by atoms with van der Waals surface area (Å²) in [4.78, 5) is 0. The number of halogens is 1. The Morgan fingerprint density at radius 1 is 1.41 bits per heavy atom. The third-order valence-corrected chi connectivity index (χ3v) is 7.66. The Hall–Kier alpha value is 0.0900. The highest BCUT2D eigenvalue weighted by Gasteiger charge is 2.29. The van der Waals surface area contributed by atoms with Crippen LogP contribution in [0.25, 0.3) is 0 Å². The molecule has 0 amide bonds. The van der Waals surface area contributed by atoms with Crippen molar-refractivity contribution in [3.63, 3.8) is 0 Å². The molecule has 1 aliphatic heterocycles. The maximum absolute atomic E-state index is 12.4. The van der Waals surface area contributed by atoms with E-state index in [2.05, 4.69) is 22.9 Å². The average molecular weight is 338 g/mol. The minimum Gasteiger partial charge on any atom is -0.206 e. The van der Waals surface area contributed by atoms with Crippen LogP contribution in [-0.4, -0.2) is 25.8 Å². The number of rotatable bonds is 2. The fourth-order valence-electron chi connectivity index (χ4n) is 1.91. The highest BCUT2D eigenvalue weighted by Crippen LogP contribution is 2.33. The number of aryl methyl sites for hydroxylation is 1. The molecule has 1 aromatic rings. The number of thiophene rings is 1. The summed E-state index contributed by atoms with van der Waals surface area (Å²) in [6.45, 7) is 5.39. The van der Waals surface area contributed by atoms with Crippen molar-refractivity contribution in [3.05, 3.63) is 15.4 Å². The van der Waals surface area contributed by atoms with Gasteiger partial charge >= 0.3 is 0 Å². The van der Waals surface area contributed by atoms with Crippen LogP contribution in [0.4, 0.5) is 0 Å². The van der Waals surface area contributed by atoms with E-state index in [1.54, 1.807) is 10.4 Å². The van der Waals surface area contributed by atoms with Gasteiger partial charge in [0.05, 0.1) is 3.79 Å². The summed E-state index contributed by atoms with van der Waals surface area (Å²) >= 11 is 4.68. The molecule has 0 bridgehead atoms. The number of piperidine rings is 1. The van der Waals surface area contributed by atoms with Crippen LogP contribution in [0, 0.1) is 12.8 Å². The van der Waals surface area contributed by atoms with E-state index >= 15 is 0 Å². The summed E-state index contributed by atoms with van der Waals surface area (Å²) in [5, 5.41) is 0. The minimum atomic E-state index is -3.27. The Morgan fingerprint density at radius 3 is 2.47 bits per heavy atom. The molecule has 0 saturated carbocycles. The first-order valence-corrected chi connectivity index (χ1v) is 8.72. The van der Waals surface area contributed by atoms with E-state index in [0.29, 0.717) is 23.2 Å². The zero-order valence-electron chi connectivity index (χ0n) is 9.94. The van der Waals surface area contributed by atoms with Crippen molar-refractivity contribution in [2.24, 2.45) is 5.92 Å². The quantitative estimate of drug-likeness (QED) is 0.830. The van der Waals surface area contributed by atoms with Gasteiger partial charge in [-0.3, -0.25) is 0 Å². The third-order valence-electron chi connectivity index (χ3n) is 3.17. The van der Waals surface area contributed by atoms with Crippen LogP contribution < -0.4 is 0 Å². The first kappa shape index (κ1) is 13.5. The molecule has 3 nitrogen and oxygen atoms in total. The fraction of sp³-hybridized carbons (Fsp3) is 0.636. The molecule has 2 heterocycles. The van der Waals surface area contributed by atoms with Gasteiger partial charge in [-0.15, -0.1) is 11.3 Å². The van der Waals surface area contributed by atoms with Gasteiger partial charge in [-0.05, 0) is 53.2 Å². The molecule has 17 heavy (non-hydrogen) atoms. The topological polar surface area (TPSA) is 37.4 Å². The monoisotopic (exact) mass is 337 g/mol. The molecule has 0 aromatic carbocycles. The van der Waals surface area contributed by atoms with Crippen molar-refractivity contribution in [2.75, 3.05) is 13.1 Å². The minimum absolute atomic E-state index is 0.455. The second kappa shape index (κ2) is 4.99. The van der Waals surface area contributed by atoms with E-state index in [4.69, 9.17) is 0 Å². The molecule has 0 spiro atoms. The van der Waals surface area contributed by atoms with E-state index < -0.39 is 10.0 Å². The van der Waals surface area contributed by atoms with Gasteiger partial charge in [0.15, 0.2) is 0 Å². The van der Waals surface area contributed by atoms with Gasteiger partial charge in [0.2, 0.25) is 0 Å². The smallest absolute Gasteiger partial charge is 0.206 e. The molecule has 0 radical (unpaired) electrons. The maximum Gasteiger partial charge on any atom is 0.252 e. The first-order valence-electron chi connectivity index (χ1n) is 5.67. The van der Waals surface area contributed by atoms with Crippen molar-refractivity contribution >= 4 is 37.3 Å². The van der Waals surface area contributed by atoms with Gasteiger partial charge in [0, 0.05) is 13.1 Å². The van der Waals surface area contributed by atoms with Crippen molar-refractivity contribution < 1.29 is 8.42 Å². The van der Waals surface area contributed by atoms with Crippen LogP contribution in [-0.2, 0) is 10.0 Å². The largest absolute Gasteiger partial charge is 0.252 e. The van der Waals surface area contributed by atoms with Gasteiger partial charge in [0.25, 0.3) is 10.0 Å². The lowest BCUT2D eigenvalue weighted by atomic mass is 10.0. The molecule has 0 unspecified atom stereocenters. The summed E-state index contributed by atoms with van der Waals surface area (Å²) in [5.41, 5.74) is 0.985. The molecular formula is C11H16BrNO2S2. The van der Waals surface area contributed by atoms with Crippen LogP contribution in [0.5, 0.6) is 0 Å². The predicted octanol–water partition coefficient (Wildman–Crippen LogP) is 3.24. The van der Waals surface area contributed by atoms with E-state index in [1.807, 2.05) is 6.92 Å². The van der Waals surface area contributed by atoms with Gasteiger partial charge in [-0.2, -0.15) is 4.31 Å². The highest BCUT2D eigenvalue weighted by atomic mass is 79.9. The van der Waals surface area contributed by atoms with Crippen LogP contribution in [0.3, 0.4) is 0 Å². The Labute approximate surface area is 115 Å². The number of sulfonamides is 1. The Balaban J connectivity index is 2.24. The van der Waals surface area contributed by atoms with E-state index in [9.17, 15) is 8.42 Å². The summed E-state index contributed by atoms with van der Waals surface area (Å²) < 4.78 is 27.7. The second-order valence-electron chi connectivity index (χ2n) is 4.61. The predicted molar refractivity (Wildman–Crippen MR) is 73.9 cm³/mol. The second-order valence-corrected chi connectivity index (χ2v) is 9.14. The maximum atomic E-state index is 12.4. The highest BCUT2D eigenvalue weighted by molar-refractivity contribution is 9.11. The summed E-state index contributed by atoms with van der Waals surface area (Å²) in [6, 6.07) is 1.75. The van der Waals surface area contributed by atoms with E-state index in [1.165, 1.54) is 11.3 Å². The summed E-state index contributed by atoms with van der Waals surface area (Å²) in [7, 11) is -3.27. The normalized spacial score (nSPS) is 19.7. The SMILES string of the molecule is Cc1cc(S(=O)(=O)N2CCC(C)CC2)sc1Br. The van der Waals surface area contributed by atoms with Gasteiger partial charge in [0.1, 0.15) is 4.21 Å². The van der Waals surface area contributed by atoms with Crippen molar-refractivity contribution in [1.29, 1.82) is 0 Å². The van der Waals surface area contributed by atoms with Crippen LogP contribution in [0.1, 0.15) is 25.3 Å². The fourth-order valence-corrected chi connectivity index (χ4v) is 5.76. The summed E-state index contributed by atoms with van der Waals surface area (Å²) in [6.07, 6.45) is 1.93. The standard InChI is InChI=1S/C11H16BrNO2S2/c1-8-3-5-13(6-4-8)17(14,15)10-7-9(2)11(12)16-10/h7-8H,3-6H2,1-2H3.